The summed E-state index contributed by atoms with van der Waals surface area (Å²) in [5.41, 5.74) is 0.183. The zero-order valence-corrected chi connectivity index (χ0v) is 11.6. The van der Waals surface area contributed by atoms with Crippen LogP contribution in [-0.2, 0) is 14.3 Å². The van der Waals surface area contributed by atoms with Gasteiger partial charge in [0.2, 0.25) is 0 Å². The second-order valence-electron chi connectivity index (χ2n) is 3.65. The van der Waals surface area contributed by atoms with E-state index in [0.29, 0.717) is 5.75 Å². The predicted molar refractivity (Wildman–Crippen MR) is 70.1 cm³/mol. The van der Waals surface area contributed by atoms with Gasteiger partial charge in [0.15, 0.2) is 0 Å². The first-order valence-corrected chi connectivity index (χ1v) is 5.87. The second-order valence-corrected chi connectivity index (χ2v) is 3.65. The molecule has 5 nitrogen and oxygen atoms in total. The van der Waals surface area contributed by atoms with Crippen LogP contribution in [0.5, 0.6) is 5.75 Å². The molecule has 0 saturated heterocycles. The van der Waals surface area contributed by atoms with E-state index in [1.54, 1.807) is 0 Å². The van der Waals surface area contributed by atoms with E-state index < -0.39 is 17.7 Å². The Morgan fingerprint density at radius 1 is 1.05 bits per heavy atom. The lowest BCUT2D eigenvalue weighted by atomic mass is 10.1. The fourth-order valence-electron chi connectivity index (χ4n) is 1.05. The maximum Gasteiger partial charge on any atom is 0.379 e. The number of Topliss-reactive ketones (excluding diaryl/α,β-unsaturated/α-hetero) is 1. The van der Waals surface area contributed by atoms with Crippen molar-refractivity contribution in [2.45, 2.75) is 27.2 Å². The molecule has 19 heavy (non-hydrogen) atoms. The lowest BCUT2D eigenvalue weighted by molar-refractivity contribution is -0.135. The van der Waals surface area contributed by atoms with Crippen molar-refractivity contribution in [1.82, 2.24) is 0 Å². The van der Waals surface area contributed by atoms with Crippen LogP contribution in [0.25, 0.3) is 0 Å². The zero-order chi connectivity index (χ0) is 14.8. The van der Waals surface area contributed by atoms with Crippen molar-refractivity contribution in [3.8, 4) is 5.75 Å². The molecule has 0 aliphatic rings. The molecule has 0 atom stereocenters. The van der Waals surface area contributed by atoms with Crippen molar-refractivity contribution in [2.75, 3.05) is 7.11 Å². The molecule has 0 saturated carbocycles. The van der Waals surface area contributed by atoms with E-state index in [0.717, 1.165) is 7.11 Å². The van der Waals surface area contributed by atoms with Gasteiger partial charge in [-0.2, -0.15) is 0 Å². The summed E-state index contributed by atoms with van der Waals surface area (Å²) in [7, 11) is 1.13. The van der Waals surface area contributed by atoms with Crippen molar-refractivity contribution in [3.63, 3.8) is 0 Å². The predicted octanol–water partition coefficient (Wildman–Crippen LogP) is 2.38. The molecule has 0 unspecified atom stereocenters. The summed E-state index contributed by atoms with van der Waals surface area (Å²) in [4.78, 5) is 32.9. The number of carbonyl (C=O) groups excluding carboxylic acids is 3. The Morgan fingerprint density at radius 3 is 1.89 bits per heavy atom. The fraction of sp³-hybridized carbons (Fsp3) is 0.357. The van der Waals surface area contributed by atoms with Crippen LogP contribution in [0.1, 0.15) is 37.6 Å². The van der Waals surface area contributed by atoms with E-state index in [-0.39, 0.29) is 5.56 Å². The van der Waals surface area contributed by atoms with Gasteiger partial charge in [-0.1, -0.05) is 20.3 Å². The highest BCUT2D eigenvalue weighted by molar-refractivity contribution is 6.40. The molecule has 0 fully saturated rings. The Labute approximate surface area is 112 Å². The Kier molecular flexibility index (Phi) is 7.84. The van der Waals surface area contributed by atoms with Gasteiger partial charge in [0.1, 0.15) is 5.75 Å². The fourth-order valence-corrected chi connectivity index (χ4v) is 1.05. The average molecular weight is 266 g/mol. The number of hydrogen-bond acceptors (Lipinski definition) is 5. The SMILES string of the molecule is CCC.COC(=O)C(=O)c1ccc(OC(C)=O)cc1. The van der Waals surface area contributed by atoms with Crippen LogP contribution in [0.15, 0.2) is 24.3 Å². The van der Waals surface area contributed by atoms with Gasteiger partial charge in [-0.15, -0.1) is 0 Å². The van der Waals surface area contributed by atoms with Crippen LogP contribution in [-0.4, -0.2) is 24.8 Å². The zero-order valence-electron chi connectivity index (χ0n) is 11.6. The largest absolute Gasteiger partial charge is 0.463 e. The molecule has 104 valence electrons. The number of rotatable bonds is 3. The number of benzene rings is 1. The normalized spacial score (nSPS) is 8.84. The first-order valence-electron chi connectivity index (χ1n) is 5.87. The molecule has 0 aromatic heterocycles. The monoisotopic (exact) mass is 266 g/mol. The lowest BCUT2D eigenvalue weighted by Gasteiger charge is -2.02. The molecular formula is C14H18O5. The number of ketones is 1. The van der Waals surface area contributed by atoms with Gasteiger partial charge in [-0.3, -0.25) is 9.59 Å². The Hall–Kier alpha value is -2.17. The summed E-state index contributed by atoms with van der Waals surface area (Å²) in [5.74, 6) is -1.81. The number of ether oxygens (including phenoxy) is 2. The highest BCUT2D eigenvalue weighted by atomic mass is 16.5. The van der Waals surface area contributed by atoms with Gasteiger partial charge < -0.3 is 9.47 Å². The summed E-state index contributed by atoms with van der Waals surface area (Å²) in [6.45, 7) is 5.52. The third-order valence-corrected chi connectivity index (χ3v) is 1.75. The summed E-state index contributed by atoms with van der Waals surface area (Å²) >= 11 is 0. The topological polar surface area (TPSA) is 69.7 Å². The lowest BCUT2D eigenvalue weighted by Crippen LogP contribution is -2.15. The summed E-state index contributed by atoms with van der Waals surface area (Å²) in [5, 5.41) is 0. The van der Waals surface area contributed by atoms with Crippen molar-refractivity contribution in [2.24, 2.45) is 0 Å². The van der Waals surface area contributed by atoms with Crippen LogP contribution in [0.3, 0.4) is 0 Å². The second kappa shape index (κ2) is 8.85. The van der Waals surface area contributed by atoms with Crippen molar-refractivity contribution in [1.29, 1.82) is 0 Å². The van der Waals surface area contributed by atoms with E-state index in [1.165, 1.54) is 37.6 Å². The van der Waals surface area contributed by atoms with E-state index in [1.807, 2.05) is 0 Å². The van der Waals surface area contributed by atoms with Crippen molar-refractivity contribution < 1.29 is 23.9 Å². The van der Waals surface area contributed by atoms with Gasteiger partial charge in [0, 0.05) is 12.5 Å². The minimum absolute atomic E-state index is 0.183. The summed E-state index contributed by atoms with van der Waals surface area (Å²) < 4.78 is 9.06. The van der Waals surface area contributed by atoms with Crippen LogP contribution < -0.4 is 4.74 Å². The van der Waals surface area contributed by atoms with Gasteiger partial charge in [-0.05, 0) is 24.3 Å². The standard InChI is InChI=1S/C11H10O5.C3H8/c1-7(12)16-9-5-3-8(4-6-9)10(13)11(14)15-2;1-3-2/h3-6H,1-2H3;3H2,1-2H3. The molecule has 0 radical (unpaired) electrons. The minimum atomic E-state index is -0.930. The molecule has 1 aromatic rings. The highest BCUT2D eigenvalue weighted by Gasteiger charge is 2.16. The quantitative estimate of drug-likeness (QED) is 0.363. The van der Waals surface area contributed by atoms with Gasteiger partial charge >= 0.3 is 11.9 Å². The highest BCUT2D eigenvalue weighted by Crippen LogP contribution is 2.13. The summed E-state index contributed by atoms with van der Waals surface area (Å²) in [6, 6.07) is 5.63. The molecule has 1 rings (SSSR count). The third kappa shape index (κ3) is 6.35. The molecule has 0 N–H and O–H groups in total. The molecule has 5 heteroatoms. The smallest absolute Gasteiger partial charge is 0.379 e. The third-order valence-electron chi connectivity index (χ3n) is 1.75. The molecule has 0 spiro atoms. The van der Waals surface area contributed by atoms with Gasteiger partial charge in [-0.25, -0.2) is 4.79 Å². The van der Waals surface area contributed by atoms with E-state index >= 15 is 0 Å². The Morgan fingerprint density at radius 2 is 1.53 bits per heavy atom. The first-order chi connectivity index (χ1) is 8.96. The number of carbonyl (C=O) groups is 3. The molecule has 0 aliphatic heterocycles. The number of hydrogen-bond donors (Lipinski definition) is 0. The van der Waals surface area contributed by atoms with Gasteiger partial charge in [0.05, 0.1) is 7.11 Å². The van der Waals surface area contributed by atoms with Crippen LogP contribution in [0, 0.1) is 0 Å². The molecule has 0 bridgehead atoms. The molecular weight excluding hydrogens is 248 g/mol. The van der Waals surface area contributed by atoms with Crippen LogP contribution in [0.4, 0.5) is 0 Å². The summed E-state index contributed by atoms with van der Waals surface area (Å²) in [6.07, 6.45) is 1.25. The molecule has 0 heterocycles. The number of methoxy groups -OCH3 is 1. The maximum absolute atomic E-state index is 11.3. The molecule has 0 amide bonds. The minimum Gasteiger partial charge on any atom is -0.463 e. The van der Waals surface area contributed by atoms with E-state index in [4.69, 9.17) is 4.74 Å². The van der Waals surface area contributed by atoms with Crippen molar-refractivity contribution >= 4 is 17.7 Å². The Balaban J connectivity index is 0.000000982. The van der Waals surface area contributed by atoms with Crippen LogP contribution in [0.2, 0.25) is 0 Å². The molecule has 1 aromatic carbocycles. The van der Waals surface area contributed by atoms with Gasteiger partial charge in [0.25, 0.3) is 5.78 Å². The Bertz CT molecular complexity index is 434. The average Bonchev–Trinajstić information content (AvgIpc) is 2.38. The van der Waals surface area contributed by atoms with Crippen LogP contribution >= 0.6 is 0 Å². The van der Waals surface area contributed by atoms with E-state index in [2.05, 4.69) is 18.6 Å². The number of esters is 2. The van der Waals surface area contributed by atoms with Crippen molar-refractivity contribution in [3.05, 3.63) is 29.8 Å². The maximum atomic E-state index is 11.3. The van der Waals surface area contributed by atoms with E-state index in [9.17, 15) is 14.4 Å². The molecule has 0 aliphatic carbocycles. The first kappa shape index (κ1) is 16.8.